The van der Waals surface area contributed by atoms with E-state index < -0.39 is 17.5 Å². The molecule has 1 unspecified atom stereocenters. The molecule has 0 aliphatic carbocycles. The normalized spacial score (nSPS) is 19.5. The smallest absolute Gasteiger partial charge is 0.254 e. The van der Waals surface area contributed by atoms with E-state index in [4.69, 9.17) is 4.74 Å². The van der Waals surface area contributed by atoms with Crippen LogP contribution in [0.25, 0.3) is 11.3 Å². The summed E-state index contributed by atoms with van der Waals surface area (Å²) in [5, 5.41) is 4.57. The molecular weight excluding hydrogens is 407 g/mol. The molecule has 3 heterocycles. The lowest BCUT2D eigenvalue weighted by molar-refractivity contribution is 0.0642. The van der Waals surface area contributed by atoms with E-state index in [1.165, 1.54) is 4.68 Å². The molecule has 2 aliphatic rings. The zero-order valence-electron chi connectivity index (χ0n) is 17.0. The summed E-state index contributed by atoms with van der Waals surface area (Å²) < 4.78 is 48.6. The number of fused-ring (bicyclic) bond motifs is 4. The van der Waals surface area contributed by atoms with Gasteiger partial charge in [-0.25, -0.2) is 13.2 Å². The van der Waals surface area contributed by atoms with Gasteiger partial charge in [0, 0.05) is 35.8 Å². The number of aromatic nitrogens is 2. The van der Waals surface area contributed by atoms with E-state index in [9.17, 15) is 18.0 Å². The first-order valence-corrected chi connectivity index (χ1v) is 10.1. The predicted molar refractivity (Wildman–Crippen MR) is 107 cm³/mol. The molecular formula is C23H20F3N3O2. The van der Waals surface area contributed by atoms with E-state index in [1.54, 1.807) is 38.4 Å². The Morgan fingerprint density at radius 3 is 2.65 bits per heavy atom. The Morgan fingerprint density at radius 1 is 1.10 bits per heavy atom. The van der Waals surface area contributed by atoms with E-state index >= 15 is 0 Å². The number of nitrogens with zero attached hydrogens (tertiary/aromatic N) is 3. The fourth-order valence-electron chi connectivity index (χ4n) is 4.90. The Labute approximate surface area is 177 Å². The molecule has 3 aromatic rings. The van der Waals surface area contributed by atoms with E-state index in [1.807, 2.05) is 4.90 Å². The van der Waals surface area contributed by atoms with Crippen LogP contribution in [0.15, 0.2) is 36.4 Å². The maximum Gasteiger partial charge on any atom is 0.254 e. The number of halogens is 3. The average Bonchev–Trinajstić information content (AvgIpc) is 3.26. The van der Waals surface area contributed by atoms with Crippen molar-refractivity contribution in [1.29, 1.82) is 0 Å². The third-order valence-corrected chi connectivity index (χ3v) is 6.25. The van der Waals surface area contributed by atoms with Gasteiger partial charge in [-0.2, -0.15) is 5.10 Å². The van der Waals surface area contributed by atoms with Crippen LogP contribution in [0.3, 0.4) is 0 Å². The Hall–Kier alpha value is -3.29. The van der Waals surface area contributed by atoms with Crippen LogP contribution in [0.1, 0.15) is 40.5 Å². The lowest BCUT2D eigenvalue weighted by atomic mass is 9.94. The van der Waals surface area contributed by atoms with Crippen molar-refractivity contribution in [3.05, 3.63) is 70.7 Å². The number of carbonyl (C=O) groups excluding carboxylic acids is 1. The number of hydrogen-bond donors (Lipinski definition) is 0. The third kappa shape index (κ3) is 3.00. The molecule has 2 atom stereocenters. The molecule has 160 valence electrons. The van der Waals surface area contributed by atoms with Gasteiger partial charge in [-0.3, -0.25) is 9.48 Å². The van der Waals surface area contributed by atoms with Crippen LogP contribution in [-0.2, 0) is 13.5 Å². The number of ether oxygens (including phenoxy) is 1. The molecule has 0 N–H and O–H groups in total. The number of carbonyl (C=O) groups is 1. The Kier molecular flexibility index (Phi) is 4.53. The highest BCUT2D eigenvalue weighted by atomic mass is 19.2. The zero-order valence-corrected chi connectivity index (χ0v) is 17.0. The minimum absolute atomic E-state index is 0.0258. The summed E-state index contributed by atoms with van der Waals surface area (Å²) in [5.41, 5.74) is 2.41. The first kappa shape index (κ1) is 19.7. The first-order chi connectivity index (χ1) is 14.9. The number of methoxy groups -OCH3 is 1. The summed E-state index contributed by atoms with van der Waals surface area (Å²) in [5.74, 6) is -2.69. The fourth-order valence-corrected chi connectivity index (χ4v) is 4.90. The highest BCUT2D eigenvalue weighted by molar-refractivity contribution is 5.95. The molecule has 0 radical (unpaired) electrons. The predicted octanol–water partition coefficient (Wildman–Crippen LogP) is 4.42. The maximum absolute atomic E-state index is 14.5. The second-order valence-electron chi connectivity index (χ2n) is 7.98. The second kappa shape index (κ2) is 7.14. The number of aryl methyl sites for hydroxylation is 1. The molecule has 1 aromatic heterocycles. The molecule has 1 saturated heterocycles. The van der Waals surface area contributed by atoms with Gasteiger partial charge in [0.2, 0.25) is 0 Å². The number of hydrogen-bond acceptors (Lipinski definition) is 3. The van der Waals surface area contributed by atoms with Crippen LogP contribution in [-0.4, -0.2) is 33.7 Å². The maximum atomic E-state index is 14.5. The van der Waals surface area contributed by atoms with Crippen LogP contribution in [0, 0.1) is 17.5 Å². The number of benzene rings is 2. The van der Waals surface area contributed by atoms with Crippen LogP contribution in [0.4, 0.5) is 13.2 Å². The van der Waals surface area contributed by atoms with Gasteiger partial charge in [-0.05, 0) is 43.5 Å². The fraction of sp³-hybridized carbons (Fsp3) is 0.304. The summed E-state index contributed by atoms with van der Waals surface area (Å²) in [6.07, 6.45) is 2.01. The summed E-state index contributed by atoms with van der Waals surface area (Å²) in [4.78, 5) is 15.2. The molecule has 5 nitrogen and oxygen atoms in total. The molecule has 2 aliphatic heterocycles. The Bertz CT molecular complexity index is 1210. The van der Waals surface area contributed by atoms with Crippen molar-refractivity contribution in [3.8, 4) is 17.0 Å². The largest absolute Gasteiger partial charge is 0.497 e. The van der Waals surface area contributed by atoms with Crippen molar-refractivity contribution in [2.24, 2.45) is 7.05 Å². The molecule has 1 fully saturated rings. The number of rotatable bonds is 3. The van der Waals surface area contributed by atoms with Gasteiger partial charge in [-0.1, -0.05) is 6.07 Å². The van der Waals surface area contributed by atoms with E-state index in [0.717, 1.165) is 24.5 Å². The van der Waals surface area contributed by atoms with Crippen LogP contribution in [0.2, 0.25) is 0 Å². The topological polar surface area (TPSA) is 47.4 Å². The highest BCUT2D eigenvalue weighted by Gasteiger charge is 2.46. The van der Waals surface area contributed by atoms with Crippen LogP contribution < -0.4 is 4.74 Å². The van der Waals surface area contributed by atoms with Crippen molar-refractivity contribution in [2.75, 3.05) is 7.11 Å². The van der Waals surface area contributed by atoms with Crippen molar-refractivity contribution >= 4 is 5.91 Å². The molecule has 2 aromatic carbocycles. The van der Waals surface area contributed by atoms with Gasteiger partial charge < -0.3 is 9.64 Å². The Morgan fingerprint density at radius 2 is 1.87 bits per heavy atom. The van der Waals surface area contributed by atoms with Crippen LogP contribution >= 0.6 is 0 Å². The van der Waals surface area contributed by atoms with Crippen molar-refractivity contribution in [2.45, 2.75) is 31.3 Å². The van der Waals surface area contributed by atoms with Crippen molar-refractivity contribution in [1.82, 2.24) is 14.7 Å². The summed E-state index contributed by atoms with van der Waals surface area (Å²) in [6, 6.07) is 8.11. The highest BCUT2D eigenvalue weighted by Crippen LogP contribution is 2.47. The summed E-state index contributed by atoms with van der Waals surface area (Å²) in [7, 11) is 3.20. The van der Waals surface area contributed by atoms with E-state index in [-0.39, 0.29) is 23.6 Å². The second-order valence-corrected chi connectivity index (χ2v) is 7.98. The molecule has 31 heavy (non-hydrogen) atoms. The van der Waals surface area contributed by atoms with Crippen LogP contribution in [0.5, 0.6) is 5.75 Å². The first-order valence-electron chi connectivity index (χ1n) is 10.1. The summed E-state index contributed by atoms with van der Waals surface area (Å²) >= 11 is 0. The zero-order chi connectivity index (χ0) is 21.9. The molecule has 5 rings (SSSR count). The molecule has 1 amide bonds. The molecule has 2 bridgehead atoms. The van der Waals surface area contributed by atoms with Gasteiger partial charge in [0.1, 0.15) is 11.6 Å². The number of amides is 1. The minimum Gasteiger partial charge on any atom is -0.497 e. The van der Waals surface area contributed by atoms with Gasteiger partial charge in [-0.15, -0.1) is 0 Å². The SMILES string of the molecule is COc1cccc(C(=O)N2C3CC[C@H]2c2nn(C)c(-c4cc(F)c(F)cc4F)c2C3)c1. The Balaban J connectivity index is 1.56. The van der Waals surface area contributed by atoms with Gasteiger partial charge >= 0.3 is 0 Å². The molecule has 0 saturated carbocycles. The van der Waals surface area contributed by atoms with Gasteiger partial charge in [0.05, 0.1) is 24.5 Å². The standard InChI is InChI=1S/C23H20F3N3O2/c1-28-22(15-10-18(25)19(26)11-17(15)24)16-9-13-6-7-20(21(16)27-28)29(13)23(30)12-4-3-5-14(8-12)31-2/h3-5,8,10-11,13,20H,6-7,9H2,1-2H3/t13?,20-/m0/s1. The monoisotopic (exact) mass is 427 g/mol. The molecule has 0 spiro atoms. The third-order valence-electron chi connectivity index (χ3n) is 6.25. The van der Waals surface area contributed by atoms with Gasteiger partial charge in [0.15, 0.2) is 11.6 Å². The van der Waals surface area contributed by atoms with E-state index in [2.05, 4.69) is 5.10 Å². The van der Waals surface area contributed by atoms with Gasteiger partial charge in [0.25, 0.3) is 5.91 Å². The van der Waals surface area contributed by atoms with E-state index in [0.29, 0.717) is 35.2 Å². The summed E-state index contributed by atoms with van der Waals surface area (Å²) in [6.45, 7) is 0. The lowest BCUT2D eigenvalue weighted by Crippen LogP contribution is -2.41. The van der Waals surface area contributed by atoms with Crippen molar-refractivity contribution < 1.29 is 22.7 Å². The minimum atomic E-state index is -1.23. The quantitative estimate of drug-likeness (QED) is 0.582. The van der Waals surface area contributed by atoms with Crippen molar-refractivity contribution in [3.63, 3.8) is 0 Å². The average molecular weight is 427 g/mol. The lowest BCUT2D eigenvalue weighted by Gasteiger charge is -2.34. The molecule has 8 heteroatoms.